The van der Waals surface area contributed by atoms with Crippen molar-refractivity contribution in [1.82, 2.24) is 14.7 Å². The number of rotatable bonds is 11. The molecule has 0 aliphatic rings. The maximum Gasteiger partial charge on any atom is 0.404 e. The number of primary amides is 1. The van der Waals surface area contributed by atoms with E-state index >= 15 is 0 Å². The van der Waals surface area contributed by atoms with Gasteiger partial charge in [0.1, 0.15) is 32.2 Å². The Hall–Kier alpha value is -3.61. The van der Waals surface area contributed by atoms with Crippen LogP contribution in [-0.4, -0.2) is 53.0 Å². The number of aromatic nitrogens is 2. The van der Waals surface area contributed by atoms with Crippen molar-refractivity contribution in [2.45, 2.75) is 52.7 Å². The Kier molecular flexibility index (Phi) is 9.43. The number of nitrogens with one attached hydrogen (secondary N) is 1. The van der Waals surface area contributed by atoms with Gasteiger partial charge >= 0.3 is 6.09 Å². The summed E-state index contributed by atoms with van der Waals surface area (Å²) in [5.41, 5.74) is 9.20. The van der Waals surface area contributed by atoms with Crippen molar-refractivity contribution in [3.05, 3.63) is 75.4 Å². The Balaban J connectivity index is 1.62. The zero-order chi connectivity index (χ0) is 31.7. The maximum atomic E-state index is 12.4. The first-order chi connectivity index (χ1) is 20.0. The molecular weight excluding hydrogens is 612 g/mol. The number of benzene rings is 1. The fraction of sp³-hybridized carbons (Fsp3) is 0.367. The van der Waals surface area contributed by atoms with Gasteiger partial charge in [0.25, 0.3) is 5.91 Å². The number of halogens is 1. The predicted molar refractivity (Wildman–Crippen MR) is 169 cm³/mol. The van der Waals surface area contributed by atoms with Crippen LogP contribution in [0.15, 0.2) is 48.8 Å². The van der Waals surface area contributed by atoms with Crippen LogP contribution in [0.1, 0.15) is 60.2 Å². The quantitative estimate of drug-likeness (QED) is 0.187. The van der Waals surface area contributed by atoms with Gasteiger partial charge in [-0.1, -0.05) is 50.6 Å². The molecule has 0 saturated heterocycles. The number of nitrogens with zero attached hydrogens (tertiary/aromatic N) is 2. The molecule has 2 atom stereocenters. The molecule has 0 aliphatic carbocycles. The highest BCUT2D eigenvalue weighted by atomic mass is 35.5. The van der Waals surface area contributed by atoms with E-state index in [1.807, 2.05) is 49.6 Å². The third kappa shape index (κ3) is 8.07. The first-order valence-corrected chi connectivity index (χ1v) is 16.8. The predicted octanol–water partition coefficient (Wildman–Crippen LogP) is 5.77. The Morgan fingerprint density at radius 3 is 2.49 bits per heavy atom. The average Bonchev–Trinajstić information content (AvgIpc) is 3.49. The minimum atomic E-state index is -3.10. The summed E-state index contributed by atoms with van der Waals surface area (Å²) in [6.45, 7) is 7.75. The summed E-state index contributed by atoms with van der Waals surface area (Å²) in [6, 6.07) is 10.5. The largest absolute Gasteiger partial charge is 0.484 e. The molecule has 4 N–H and O–H groups in total. The van der Waals surface area contributed by atoms with E-state index in [4.69, 9.17) is 22.1 Å². The van der Waals surface area contributed by atoms with Gasteiger partial charge in [-0.05, 0) is 48.4 Å². The number of carbonyl (C=O) groups is 2. The normalized spacial score (nSPS) is 13.5. The minimum Gasteiger partial charge on any atom is -0.484 e. The Bertz CT molecular complexity index is 1770. The minimum absolute atomic E-state index is 0.0234. The van der Waals surface area contributed by atoms with Crippen LogP contribution >= 0.6 is 22.9 Å². The van der Waals surface area contributed by atoms with Crippen LogP contribution in [0.5, 0.6) is 5.75 Å². The molecule has 3 heterocycles. The summed E-state index contributed by atoms with van der Waals surface area (Å²) in [5.74, 6) is -0.306. The van der Waals surface area contributed by atoms with Crippen molar-refractivity contribution in [2.24, 2.45) is 11.1 Å². The molecule has 230 valence electrons. The molecule has 0 fully saturated rings. The van der Waals surface area contributed by atoms with Gasteiger partial charge in [0, 0.05) is 35.1 Å². The van der Waals surface area contributed by atoms with Gasteiger partial charge in [0.15, 0.2) is 0 Å². The van der Waals surface area contributed by atoms with Gasteiger partial charge in [-0.15, -0.1) is 11.3 Å². The Labute approximate surface area is 259 Å². The van der Waals surface area contributed by atoms with E-state index < -0.39 is 27.9 Å². The molecule has 1 unspecified atom stereocenters. The van der Waals surface area contributed by atoms with Gasteiger partial charge in [-0.25, -0.2) is 18.2 Å². The lowest BCUT2D eigenvalue weighted by molar-refractivity contribution is 0.0998. The van der Waals surface area contributed by atoms with Gasteiger partial charge in [0.05, 0.1) is 22.5 Å². The van der Waals surface area contributed by atoms with Crippen LogP contribution in [0, 0.1) is 5.41 Å². The summed E-state index contributed by atoms with van der Waals surface area (Å²) >= 11 is 7.72. The monoisotopic (exact) mass is 646 g/mol. The van der Waals surface area contributed by atoms with Crippen LogP contribution in [0.2, 0.25) is 5.02 Å². The van der Waals surface area contributed by atoms with E-state index in [9.17, 15) is 23.1 Å². The Morgan fingerprint density at radius 2 is 1.88 bits per heavy atom. The van der Waals surface area contributed by atoms with Crippen molar-refractivity contribution in [2.75, 3.05) is 12.0 Å². The average molecular weight is 647 g/mol. The molecule has 2 amide bonds. The van der Waals surface area contributed by atoms with Crippen molar-refractivity contribution < 1.29 is 27.9 Å². The number of fused-ring (bicyclic) bond motifs is 1. The molecule has 4 rings (SSSR count). The number of imidazole rings is 1. The SMILES string of the molecule is C[C@@H](Oc1cc(-c2cnc3ccc(CC(NC(=O)O)C(C)(C)C)cn23)sc1C(N)=O)c1ccc(CCS(C)(=O)=O)cc1Cl. The number of carbonyl (C=O) groups excluding carboxylic acids is 1. The van der Waals surface area contributed by atoms with Crippen molar-refractivity contribution >= 4 is 50.4 Å². The highest BCUT2D eigenvalue weighted by Gasteiger charge is 2.27. The van der Waals surface area contributed by atoms with E-state index in [1.54, 1.807) is 31.3 Å². The first kappa shape index (κ1) is 32.3. The number of nitrogens with two attached hydrogens (primary N) is 1. The van der Waals surface area contributed by atoms with E-state index in [2.05, 4.69) is 10.3 Å². The fourth-order valence-corrected chi connectivity index (χ4v) is 6.57. The lowest BCUT2D eigenvalue weighted by Gasteiger charge is -2.30. The second-order valence-corrected chi connectivity index (χ2v) is 15.4. The second kappa shape index (κ2) is 12.6. The number of ether oxygens (including phenoxy) is 1. The first-order valence-electron chi connectivity index (χ1n) is 13.5. The second-order valence-electron chi connectivity index (χ2n) is 11.6. The summed E-state index contributed by atoms with van der Waals surface area (Å²) in [4.78, 5) is 29.3. The summed E-state index contributed by atoms with van der Waals surface area (Å²) < 4.78 is 31.2. The number of amides is 2. The van der Waals surface area contributed by atoms with E-state index in [1.165, 1.54) is 17.6 Å². The molecule has 0 spiro atoms. The van der Waals surface area contributed by atoms with Crippen molar-refractivity contribution in [1.29, 1.82) is 0 Å². The lowest BCUT2D eigenvalue weighted by Crippen LogP contribution is -2.44. The Morgan fingerprint density at radius 1 is 1.19 bits per heavy atom. The molecule has 10 nitrogen and oxygen atoms in total. The lowest BCUT2D eigenvalue weighted by atomic mass is 9.83. The molecule has 0 saturated carbocycles. The van der Waals surface area contributed by atoms with Gasteiger partial charge in [-0.2, -0.15) is 0 Å². The van der Waals surface area contributed by atoms with Crippen LogP contribution in [0.4, 0.5) is 4.79 Å². The third-order valence-corrected chi connectivity index (χ3v) is 9.52. The molecule has 43 heavy (non-hydrogen) atoms. The molecule has 0 bridgehead atoms. The van der Waals surface area contributed by atoms with Gasteiger partial charge in [0.2, 0.25) is 0 Å². The summed E-state index contributed by atoms with van der Waals surface area (Å²) in [5, 5.41) is 12.4. The van der Waals surface area contributed by atoms with Crippen molar-refractivity contribution in [3.8, 4) is 16.3 Å². The van der Waals surface area contributed by atoms with Gasteiger partial charge < -0.3 is 20.9 Å². The summed E-state index contributed by atoms with van der Waals surface area (Å²) in [6.07, 6.45) is 4.01. The zero-order valence-electron chi connectivity index (χ0n) is 24.5. The fourth-order valence-electron chi connectivity index (χ4n) is 4.66. The molecule has 1 aromatic carbocycles. The molecule has 0 radical (unpaired) electrons. The highest BCUT2D eigenvalue weighted by molar-refractivity contribution is 7.90. The zero-order valence-corrected chi connectivity index (χ0v) is 26.9. The number of aryl methyl sites for hydroxylation is 1. The van der Waals surface area contributed by atoms with Crippen molar-refractivity contribution in [3.63, 3.8) is 0 Å². The van der Waals surface area contributed by atoms with E-state index in [-0.39, 0.29) is 22.1 Å². The smallest absolute Gasteiger partial charge is 0.404 e. The van der Waals surface area contributed by atoms with Crippen LogP contribution in [0.25, 0.3) is 16.2 Å². The van der Waals surface area contributed by atoms with E-state index in [0.29, 0.717) is 39.7 Å². The van der Waals surface area contributed by atoms with Crippen LogP contribution < -0.4 is 15.8 Å². The number of hydrogen-bond donors (Lipinski definition) is 3. The highest BCUT2D eigenvalue weighted by Crippen LogP contribution is 2.39. The molecular formula is C30H35ClN4O6S2. The van der Waals surface area contributed by atoms with Crippen LogP contribution in [-0.2, 0) is 22.7 Å². The van der Waals surface area contributed by atoms with E-state index in [0.717, 1.165) is 16.8 Å². The number of sulfone groups is 1. The topological polar surface area (TPSA) is 153 Å². The molecule has 3 aromatic heterocycles. The molecule has 4 aromatic rings. The standard InChI is InChI=1S/C30H35ClN4O6S2/c1-17(20-8-6-18(12-21(20)31)10-11-43(5,39)40)41-23-14-24(42-27(23)28(32)36)22-15-33-26-9-7-19(16-35(22)26)13-25(30(2,3)4)34-29(37)38/h6-9,12,14-17,25,34H,10-11,13H2,1-5H3,(H2,32,36)(H,37,38)/t17-,25?/m1/s1. The molecule has 0 aliphatic heterocycles. The number of pyridine rings is 1. The van der Waals surface area contributed by atoms with Gasteiger partial charge in [-0.3, -0.25) is 9.20 Å². The number of carboxylic acid groups (broad SMARTS) is 1. The molecule has 13 heteroatoms. The van der Waals surface area contributed by atoms with Crippen LogP contribution in [0.3, 0.4) is 0 Å². The summed E-state index contributed by atoms with van der Waals surface area (Å²) in [7, 11) is -3.10. The third-order valence-electron chi connectivity index (χ3n) is 7.09. The maximum absolute atomic E-state index is 12.4. The number of thiophene rings is 1. The number of hydrogen-bond acceptors (Lipinski definition) is 7.